The number of ether oxygens (including phenoxy) is 1. The van der Waals surface area contributed by atoms with Crippen molar-refractivity contribution in [2.45, 2.75) is 6.54 Å². The van der Waals surface area contributed by atoms with Gasteiger partial charge in [-0.25, -0.2) is 4.98 Å². The number of rotatable bonds is 4. The number of aromatic amines is 1. The van der Waals surface area contributed by atoms with Crippen LogP contribution in [0.4, 0.5) is 0 Å². The lowest BCUT2D eigenvalue weighted by Crippen LogP contribution is -2.06. The summed E-state index contributed by atoms with van der Waals surface area (Å²) in [4.78, 5) is 7.40. The molecule has 0 amide bonds. The third kappa shape index (κ3) is 2.43. The van der Waals surface area contributed by atoms with E-state index in [9.17, 15) is 0 Å². The standard InChI is InChI=1S/C12H14ClN3O/c1-14-6-11-12(16-7-15-11)9-4-3-8(17-2)5-10(9)13/h3-5,7,14H,6H2,1-2H3,(H,15,16). The fourth-order valence-corrected chi connectivity index (χ4v) is 1.94. The maximum absolute atomic E-state index is 6.22. The summed E-state index contributed by atoms with van der Waals surface area (Å²) in [5.74, 6) is 0.740. The van der Waals surface area contributed by atoms with E-state index in [0.717, 1.165) is 29.2 Å². The van der Waals surface area contributed by atoms with Gasteiger partial charge in [0.05, 0.1) is 29.8 Å². The van der Waals surface area contributed by atoms with Crippen LogP contribution in [-0.2, 0) is 6.54 Å². The van der Waals surface area contributed by atoms with Gasteiger partial charge in [0, 0.05) is 12.1 Å². The number of aromatic nitrogens is 2. The number of nitrogens with one attached hydrogen (secondary N) is 2. The molecule has 1 aromatic heterocycles. The molecule has 0 unspecified atom stereocenters. The first-order valence-electron chi connectivity index (χ1n) is 5.27. The van der Waals surface area contributed by atoms with E-state index < -0.39 is 0 Å². The SMILES string of the molecule is CNCc1[nH]cnc1-c1ccc(OC)cc1Cl. The molecule has 1 aromatic carbocycles. The molecule has 0 aliphatic heterocycles. The Labute approximate surface area is 105 Å². The fourth-order valence-electron chi connectivity index (χ4n) is 1.68. The summed E-state index contributed by atoms with van der Waals surface area (Å²) in [6, 6.07) is 5.57. The van der Waals surface area contributed by atoms with Gasteiger partial charge >= 0.3 is 0 Å². The molecule has 4 nitrogen and oxygen atoms in total. The summed E-state index contributed by atoms with van der Waals surface area (Å²) in [5, 5.41) is 3.72. The molecule has 2 N–H and O–H groups in total. The molecule has 0 saturated carbocycles. The molecule has 0 spiro atoms. The molecule has 0 radical (unpaired) electrons. The Kier molecular flexibility index (Phi) is 3.66. The third-order valence-electron chi connectivity index (χ3n) is 2.50. The van der Waals surface area contributed by atoms with E-state index in [0.29, 0.717) is 5.02 Å². The Hall–Kier alpha value is -1.52. The molecule has 17 heavy (non-hydrogen) atoms. The molecule has 0 saturated heterocycles. The van der Waals surface area contributed by atoms with Crippen LogP contribution in [0.15, 0.2) is 24.5 Å². The van der Waals surface area contributed by atoms with Gasteiger partial charge in [0.2, 0.25) is 0 Å². The number of halogens is 1. The van der Waals surface area contributed by atoms with Crippen molar-refractivity contribution >= 4 is 11.6 Å². The van der Waals surface area contributed by atoms with Crippen molar-refractivity contribution in [3.8, 4) is 17.0 Å². The van der Waals surface area contributed by atoms with Crippen molar-refractivity contribution in [3.63, 3.8) is 0 Å². The van der Waals surface area contributed by atoms with Gasteiger partial charge in [0.25, 0.3) is 0 Å². The average molecular weight is 252 g/mol. The lowest BCUT2D eigenvalue weighted by atomic mass is 10.1. The second kappa shape index (κ2) is 5.21. The highest BCUT2D eigenvalue weighted by molar-refractivity contribution is 6.33. The van der Waals surface area contributed by atoms with Crippen molar-refractivity contribution in [2.24, 2.45) is 0 Å². The van der Waals surface area contributed by atoms with E-state index in [1.807, 2.05) is 19.2 Å². The van der Waals surface area contributed by atoms with Crippen LogP contribution >= 0.6 is 11.6 Å². The van der Waals surface area contributed by atoms with Crippen LogP contribution in [0.2, 0.25) is 5.02 Å². The van der Waals surface area contributed by atoms with Crippen molar-refractivity contribution in [2.75, 3.05) is 14.2 Å². The van der Waals surface area contributed by atoms with Crippen LogP contribution in [0.5, 0.6) is 5.75 Å². The minimum atomic E-state index is 0.633. The second-order valence-electron chi connectivity index (χ2n) is 3.61. The van der Waals surface area contributed by atoms with Gasteiger partial charge < -0.3 is 15.0 Å². The number of nitrogens with zero attached hydrogens (tertiary/aromatic N) is 1. The van der Waals surface area contributed by atoms with Gasteiger partial charge in [-0.15, -0.1) is 0 Å². The summed E-state index contributed by atoms with van der Waals surface area (Å²) in [6.07, 6.45) is 1.67. The van der Waals surface area contributed by atoms with Crippen LogP contribution in [0.25, 0.3) is 11.3 Å². The van der Waals surface area contributed by atoms with Crippen molar-refractivity contribution in [3.05, 3.63) is 35.2 Å². The van der Waals surface area contributed by atoms with Crippen LogP contribution in [0.1, 0.15) is 5.69 Å². The predicted octanol–water partition coefficient (Wildman–Crippen LogP) is 2.46. The van der Waals surface area contributed by atoms with E-state index in [-0.39, 0.29) is 0 Å². The highest BCUT2D eigenvalue weighted by atomic mass is 35.5. The van der Waals surface area contributed by atoms with E-state index >= 15 is 0 Å². The van der Waals surface area contributed by atoms with E-state index in [4.69, 9.17) is 16.3 Å². The maximum Gasteiger partial charge on any atom is 0.120 e. The first-order chi connectivity index (χ1) is 8.26. The number of methoxy groups -OCH3 is 1. The number of hydrogen-bond donors (Lipinski definition) is 2. The normalized spacial score (nSPS) is 10.5. The predicted molar refractivity (Wildman–Crippen MR) is 68.3 cm³/mol. The Balaban J connectivity index is 2.42. The zero-order chi connectivity index (χ0) is 12.3. The second-order valence-corrected chi connectivity index (χ2v) is 4.01. The third-order valence-corrected chi connectivity index (χ3v) is 2.82. The van der Waals surface area contributed by atoms with Crippen molar-refractivity contribution in [1.29, 1.82) is 0 Å². The maximum atomic E-state index is 6.22. The Morgan fingerprint density at radius 1 is 1.47 bits per heavy atom. The number of H-pyrrole nitrogens is 1. The largest absolute Gasteiger partial charge is 0.497 e. The molecular weight excluding hydrogens is 238 g/mol. The molecule has 0 aliphatic rings. The molecular formula is C12H14ClN3O. The topological polar surface area (TPSA) is 49.9 Å². The molecule has 5 heteroatoms. The quantitative estimate of drug-likeness (QED) is 0.878. The lowest BCUT2D eigenvalue weighted by Gasteiger charge is -2.06. The molecule has 1 heterocycles. The molecule has 0 fully saturated rings. The van der Waals surface area contributed by atoms with Gasteiger partial charge in [-0.1, -0.05) is 11.6 Å². The fraction of sp³-hybridized carbons (Fsp3) is 0.250. The first-order valence-corrected chi connectivity index (χ1v) is 5.64. The summed E-state index contributed by atoms with van der Waals surface area (Å²) < 4.78 is 5.12. The van der Waals surface area contributed by atoms with Crippen molar-refractivity contribution in [1.82, 2.24) is 15.3 Å². The van der Waals surface area contributed by atoms with Crippen LogP contribution in [0, 0.1) is 0 Å². The van der Waals surface area contributed by atoms with E-state index in [1.165, 1.54) is 0 Å². The zero-order valence-corrected chi connectivity index (χ0v) is 10.5. The first kappa shape index (κ1) is 12.0. The zero-order valence-electron chi connectivity index (χ0n) is 9.75. The highest BCUT2D eigenvalue weighted by Crippen LogP contribution is 2.31. The molecule has 0 bridgehead atoms. The number of hydrogen-bond acceptors (Lipinski definition) is 3. The molecule has 90 valence electrons. The average Bonchev–Trinajstić information content (AvgIpc) is 2.77. The van der Waals surface area contributed by atoms with E-state index in [1.54, 1.807) is 19.5 Å². The Morgan fingerprint density at radius 2 is 2.29 bits per heavy atom. The van der Waals surface area contributed by atoms with Gasteiger partial charge in [-0.2, -0.15) is 0 Å². The molecule has 0 atom stereocenters. The van der Waals surface area contributed by atoms with Gasteiger partial charge in [-0.05, 0) is 25.2 Å². The van der Waals surface area contributed by atoms with Crippen LogP contribution < -0.4 is 10.1 Å². The van der Waals surface area contributed by atoms with Gasteiger partial charge in [0.1, 0.15) is 5.75 Å². The molecule has 0 aliphatic carbocycles. The van der Waals surface area contributed by atoms with Crippen molar-refractivity contribution < 1.29 is 4.74 Å². The monoisotopic (exact) mass is 251 g/mol. The number of benzene rings is 1. The van der Waals surface area contributed by atoms with Gasteiger partial charge in [0.15, 0.2) is 0 Å². The van der Waals surface area contributed by atoms with Crippen LogP contribution in [-0.4, -0.2) is 24.1 Å². The lowest BCUT2D eigenvalue weighted by molar-refractivity contribution is 0.415. The molecule has 2 rings (SSSR count). The summed E-state index contributed by atoms with van der Waals surface area (Å²) in [6.45, 7) is 0.720. The van der Waals surface area contributed by atoms with E-state index in [2.05, 4.69) is 15.3 Å². The summed E-state index contributed by atoms with van der Waals surface area (Å²) in [7, 11) is 3.51. The Morgan fingerprint density at radius 3 is 2.94 bits per heavy atom. The highest BCUT2D eigenvalue weighted by Gasteiger charge is 2.11. The summed E-state index contributed by atoms with van der Waals surface area (Å²) >= 11 is 6.22. The minimum absolute atomic E-state index is 0.633. The van der Waals surface area contributed by atoms with Crippen LogP contribution in [0.3, 0.4) is 0 Å². The summed E-state index contributed by atoms with van der Waals surface area (Å²) in [5.41, 5.74) is 2.78. The smallest absolute Gasteiger partial charge is 0.120 e. The molecule has 2 aromatic rings. The van der Waals surface area contributed by atoms with Gasteiger partial charge in [-0.3, -0.25) is 0 Å². The number of imidazole rings is 1. The minimum Gasteiger partial charge on any atom is -0.497 e. The Bertz CT molecular complexity index is 510.